The summed E-state index contributed by atoms with van der Waals surface area (Å²) in [6.07, 6.45) is 2.93. The second-order valence-electron chi connectivity index (χ2n) is 9.30. The zero-order valence-corrected chi connectivity index (χ0v) is 19.4. The first-order valence-corrected chi connectivity index (χ1v) is 10.7. The summed E-state index contributed by atoms with van der Waals surface area (Å²) in [6, 6.07) is -1.53. The van der Waals surface area contributed by atoms with Crippen LogP contribution >= 0.6 is 0 Å². The fraction of sp³-hybridized carbons (Fsp3) is 0.636. The van der Waals surface area contributed by atoms with Crippen LogP contribution < -0.4 is 16.4 Å². The van der Waals surface area contributed by atoms with Crippen LogP contribution in [0.25, 0.3) is 0 Å². The zero-order valence-electron chi connectivity index (χ0n) is 19.4. The highest BCUT2D eigenvalue weighted by Crippen LogP contribution is 2.26. The molecule has 0 unspecified atom stereocenters. The summed E-state index contributed by atoms with van der Waals surface area (Å²) in [5.74, 6) is -3.05. The van der Waals surface area contributed by atoms with Crippen molar-refractivity contribution in [3.05, 3.63) is 12.2 Å². The van der Waals surface area contributed by atoms with Crippen molar-refractivity contribution in [2.75, 3.05) is 13.1 Å². The Morgan fingerprint density at radius 3 is 2.09 bits per heavy atom. The van der Waals surface area contributed by atoms with E-state index in [1.165, 1.54) is 0 Å². The van der Waals surface area contributed by atoms with E-state index in [-0.39, 0.29) is 30.4 Å². The van der Waals surface area contributed by atoms with Gasteiger partial charge in [-0.05, 0) is 18.8 Å². The van der Waals surface area contributed by atoms with E-state index >= 15 is 0 Å². The number of Topliss-reactive ketones (excluding diaryl/α,β-unsaturated/α-hetero) is 2. The molecule has 32 heavy (non-hydrogen) atoms. The van der Waals surface area contributed by atoms with Gasteiger partial charge in [-0.2, -0.15) is 0 Å². The van der Waals surface area contributed by atoms with Gasteiger partial charge >= 0.3 is 6.03 Å². The van der Waals surface area contributed by atoms with E-state index in [0.29, 0.717) is 12.8 Å². The van der Waals surface area contributed by atoms with Crippen molar-refractivity contribution >= 4 is 35.3 Å². The molecule has 0 fully saturated rings. The van der Waals surface area contributed by atoms with Gasteiger partial charge in [0.15, 0.2) is 5.78 Å². The number of amides is 5. The number of nitrogens with one attached hydrogen (secondary N) is 2. The Hall–Kier alpha value is -3.04. The number of imide groups is 1. The summed E-state index contributed by atoms with van der Waals surface area (Å²) in [5, 5.41) is 5.06. The number of primary amides is 1. The number of rotatable bonds is 12. The molecule has 0 radical (unpaired) electrons. The summed E-state index contributed by atoms with van der Waals surface area (Å²) in [6.45, 7) is 8.64. The molecular formula is C22H34N4O6. The molecule has 10 nitrogen and oxygen atoms in total. The van der Waals surface area contributed by atoms with Crippen molar-refractivity contribution in [3.63, 3.8) is 0 Å². The van der Waals surface area contributed by atoms with Crippen molar-refractivity contribution in [2.45, 2.75) is 59.9 Å². The van der Waals surface area contributed by atoms with Gasteiger partial charge in [0.25, 0.3) is 11.8 Å². The van der Waals surface area contributed by atoms with Crippen molar-refractivity contribution in [1.29, 1.82) is 0 Å². The maximum atomic E-state index is 13.1. The van der Waals surface area contributed by atoms with Gasteiger partial charge in [-0.15, -0.1) is 0 Å². The number of nitrogens with two attached hydrogens (primary N) is 1. The van der Waals surface area contributed by atoms with E-state index in [4.69, 9.17) is 5.73 Å². The van der Waals surface area contributed by atoms with Crippen molar-refractivity contribution in [1.82, 2.24) is 15.5 Å². The van der Waals surface area contributed by atoms with Gasteiger partial charge in [0.05, 0.1) is 6.04 Å². The van der Waals surface area contributed by atoms with E-state index < -0.39 is 47.7 Å². The molecule has 1 rings (SSSR count). The number of hydrogen-bond acceptors (Lipinski definition) is 6. The first kappa shape index (κ1) is 27.0. The van der Waals surface area contributed by atoms with E-state index in [2.05, 4.69) is 10.6 Å². The molecule has 5 amide bonds. The van der Waals surface area contributed by atoms with E-state index in [1.54, 1.807) is 34.6 Å². The van der Waals surface area contributed by atoms with E-state index in [1.807, 2.05) is 0 Å². The van der Waals surface area contributed by atoms with Crippen molar-refractivity contribution in [2.24, 2.45) is 23.0 Å². The van der Waals surface area contributed by atoms with Crippen molar-refractivity contribution in [3.8, 4) is 0 Å². The second kappa shape index (κ2) is 11.5. The quantitative estimate of drug-likeness (QED) is 0.293. The first-order valence-electron chi connectivity index (χ1n) is 10.7. The highest BCUT2D eigenvalue weighted by molar-refractivity contribution is 6.14. The number of carbonyl (C=O) groups excluding carboxylic acids is 6. The first-order chi connectivity index (χ1) is 14.7. The molecule has 1 aliphatic heterocycles. The fourth-order valence-electron chi connectivity index (χ4n) is 3.44. The Kier molecular flexibility index (Phi) is 9.74. The predicted octanol–water partition coefficient (Wildman–Crippen LogP) is 0.691. The average molecular weight is 451 g/mol. The third-order valence-electron chi connectivity index (χ3n) is 5.12. The molecule has 0 aromatic rings. The predicted molar refractivity (Wildman–Crippen MR) is 117 cm³/mol. The van der Waals surface area contributed by atoms with Crippen LogP contribution in [0.5, 0.6) is 0 Å². The van der Waals surface area contributed by atoms with Crippen LogP contribution in [-0.4, -0.2) is 59.4 Å². The third-order valence-corrected chi connectivity index (χ3v) is 5.12. The Bertz CT molecular complexity index is 779. The highest BCUT2D eigenvalue weighted by Gasteiger charge is 2.34. The van der Waals surface area contributed by atoms with Crippen LogP contribution in [0.3, 0.4) is 0 Å². The third kappa shape index (κ3) is 8.24. The minimum Gasteiger partial charge on any atom is -0.352 e. The number of carbonyl (C=O) groups is 6. The molecule has 4 N–H and O–H groups in total. The smallest absolute Gasteiger partial charge is 0.312 e. The molecule has 2 atom stereocenters. The SMILES string of the molecule is CC(C)[C@@H](NC(=O)CN1C(=O)C=CC1=O)C(=O)C[C@H](CCCNC(N)=O)C(=O)C(C)(C)C. The highest BCUT2D eigenvalue weighted by atomic mass is 16.2. The lowest BCUT2D eigenvalue weighted by atomic mass is 9.78. The summed E-state index contributed by atoms with van der Waals surface area (Å²) >= 11 is 0. The Morgan fingerprint density at radius 2 is 1.62 bits per heavy atom. The zero-order chi connectivity index (χ0) is 24.6. The van der Waals surface area contributed by atoms with Gasteiger partial charge in [-0.1, -0.05) is 34.6 Å². The van der Waals surface area contributed by atoms with Crippen LogP contribution in [0.4, 0.5) is 4.79 Å². The normalized spacial score (nSPS) is 15.6. The maximum Gasteiger partial charge on any atom is 0.312 e. The monoisotopic (exact) mass is 450 g/mol. The molecule has 10 heteroatoms. The number of urea groups is 1. The molecular weight excluding hydrogens is 416 g/mol. The van der Waals surface area contributed by atoms with Gasteiger partial charge in [-0.25, -0.2) is 4.79 Å². The summed E-state index contributed by atoms with van der Waals surface area (Å²) in [7, 11) is 0. The van der Waals surface area contributed by atoms with Crippen molar-refractivity contribution < 1.29 is 28.8 Å². The number of hydrogen-bond donors (Lipinski definition) is 3. The Morgan fingerprint density at radius 1 is 1.06 bits per heavy atom. The van der Waals surface area contributed by atoms with Gasteiger partial charge in [0, 0.05) is 36.5 Å². The Balaban J connectivity index is 2.84. The number of ketones is 2. The summed E-state index contributed by atoms with van der Waals surface area (Å²) in [5.41, 5.74) is 4.39. The second-order valence-corrected chi connectivity index (χ2v) is 9.30. The summed E-state index contributed by atoms with van der Waals surface area (Å²) < 4.78 is 0. The summed E-state index contributed by atoms with van der Waals surface area (Å²) in [4.78, 5) is 73.3. The van der Waals surface area contributed by atoms with Gasteiger partial charge in [-0.3, -0.25) is 28.9 Å². The molecule has 1 aliphatic rings. The van der Waals surface area contributed by atoms with Crippen LogP contribution in [0.2, 0.25) is 0 Å². The van der Waals surface area contributed by atoms with Crippen LogP contribution in [0.1, 0.15) is 53.9 Å². The molecule has 1 heterocycles. The minimum atomic E-state index is -0.873. The van der Waals surface area contributed by atoms with Crippen LogP contribution in [-0.2, 0) is 24.0 Å². The fourth-order valence-corrected chi connectivity index (χ4v) is 3.44. The molecule has 0 saturated carbocycles. The van der Waals surface area contributed by atoms with Gasteiger partial charge in [0.2, 0.25) is 5.91 Å². The van der Waals surface area contributed by atoms with Crippen LogP contribution in [0.15, 0.2) is 12.2 Å². The molecule has 0 spiro atoms. The topological polar surface area (TPSA) is 156 Å². The molecule has 0 bridgehead atoms. The number of nitrogens with zero attached hydrogens (tertiary/aromatic N) is 1. The Labute approximate surface area is 188 Å². The molecule has 0 aromatic carbocycles. The average Bonchev–Trinajstić information content (AvgIpc) is 2.98. The molecule has 0 aromatic heterocycles. The molecule has 178 valence electrons. The van der Waals surface area contributed by atoms with Gasteiger partial charge < -0.3 is 16.4 Å². The maximum absolute atomic E-state index is 13.1. The standard InChI is InChI=1S/C22H34N4O6/c1-13(2)19(25-16(28)12-26-17(29)8-9-18(26)30)15(27)11-14(20(31)22(3,4)5)7-6-10-24-21(23)32/h8-9,13-14,19H,6-7,10-12H2,1-5H3,(H,25,28)(H3,23,24,32)/t14-,19+/m0/s1. The largest absolute Gasteiger partial charge is 0.352 e. The molecule has 0 saturated heterocycles. The lowest BCUT2D eigenvalue weighted by Crippen LogP contribution is -2.49. The lowest BCUT2D eigenvalue weighted by molar-refractivity contribution is -0.141. The van der Waals surface area contributed by atoms with Gasteiger partial charge in [0.1, 0.15) is 12.3 Å². The van der Waals surface area contributed by atoms with E-state index in [9.17, 15) is 28.8 Å². The van der Waals surface area contributed by atoms with Crippen LogP contribution in [0, 0.1) is 17.3 Å². The minimum absolute atomic E-state index is 0.0705. The molecule has 0 aliphatic carbocycles. The van der Waals surface area contributed by atoms with E-state index in [0.717, 1.165) is 17.1 Å². The lowest BCUT2D eigenvalue weighted by Gasteiger charge is -2.27.